The largest absolute Gasteiger partial charge is 0.490 e. The lowest BCUT2D eigenvalue weighted by molar-refractivity contribution is 0.102. The van der Waals surface area contributed by atoms with E-state index in [0.717, 1.165) is 18.4 Å². The molecular formula is C17H17ClN2O2. The minimum atomic E-state index is -0.225. The number of carbonyl (C=O) groups is 1. The molecule has 0 bridgehead atoms. The maximum atomic E-state index is 12.4. The predicted molar refractivity (Wildman–Crippen MR) is 87.4 cm³/mol. The number of amides is 1. The van der Waals surface area contributed by atoms with Crippen molar-refractivity contribution in [3.63, 3.8) is 0 Å². The first-order chi connectivity index (χ1) is 10.6. The molecule has 0 heterocycles. The Morgan fingerprint density at radius 3 is 2.82 bits per heavy atom. The van der Waals surface area contributed by atoms with E-state index in [9.17, 15) is 4.79 Å². The lowest BCUT2D eigenvalue weighted by atomic mass is 10.1. The maximum Gasteiger partial charge on any atom is 0.255 e. The van der Waals surface area contributed by atoms with Gasteiger partial charge >= 0.3 is 0 Å². The molecule has 0 unspecified atom stereocenters. The summed E-state index contributed by atoms with van der Waals surface area (Å²) >= 11 is 6.07. The molecule has 0 aliphatic heterocycles. The van der Waals surface area contributed by atoms with Crippen LogP contribution in [-0.4, -0.2) is 12.0 Å². The van der Waals surface area contributed by atoms with E-state index in [-0.39, 0.29) is 12.0 Å². The smallest absolute Gasteiger partial charge is 0.255 e. The Labute approximate surface area is 134 Å². The van der Waals surface area contributed by atoms with Gasteiger partial charge < -0.3 is 15.8 Å². The summed E-state index contributed by atoms with van der Waals surface area (Å²) in [6.07, 6.45) is 2.37. The normalized spacial score (nSPS) is 13.7. The Bertz CT molecular complexity index is 699. The van der Waals surface area contributed by atoms with Gasteiger partial charge in [-0.2, -0.15) is 0 Å². The molecule has 22 heavy (non-hydrogen) atoms. The summed E-state index contributed by atoms with van der Waals surface area (Å²) in [7, 11) is 0. The van der Waals surface area contributed by atoms with Gasteiger partial charge in [0.1, 0.15) is 5.75 Å². The third-order valence-corrected chi connectivity index (χ3v) is 3.60. The molecule has 2 aromatic carbocycles. The van der Waals surface area contributed by atoms with Gasteiger partial charge in [-0.15, -0.1) is 0 Å². The number of hydrogen-bond acceptors (Lipinski definition) is 3. The van der Waals surface area contributed by atoms with Gasteiger partial charge in [0, 0.05) is 22.8 Å². The number of hydrogen-bond donors (Lipinski definition) is 2. The second-order valence-corrected chi connectivity index (χ2v) is 5.79. The average Bonchev–Trinajstić information content (AvgIpc) is 3.30. The number of benzene rings is 2. The third-order valence-electron chi connectivity index (χ3n) is 3.38. The monoisotopic (exact) mass is 316 g/mol. The van der Waals surface area contributed by atoms with Crippen molar-refractivity contribution in [2.45, 2.75) is 25.5 Å². The molecule has 4 nitrogen and oxygen atoms in total. The van der Waals surface area contributed by atoms with E-state index in [1.165, 1.54) is 0 Å². The molecule has 0 aromatic heterocycles. The SMILES string of the molecule is NCc1cccc(NC(=O)c2cc(Cl)cc(OC3CC3)c2)c1. The standard InChI is InChI=1S/C17H17ClN2O2/c18-13-7-12(8-16(9-13)22-15-4-5-15)17(21)20-14-3-1-2-11(6-14)10-19/h1-3,6-9,15H,4-5,10,19H2,(H,20,21). The quantitative estimate of drug-likeness (QED) is 0.886. The van der Waals surface area contributed by atoms with Gasteiger partial charge in [0.25, 0.3) is 5.91 Å². The Morgan fingerprint density at radius 2 is 2.09 bits per heavy atom. The van der Waals surface area contributed by atoms with Gasteiger partial charge in [0.05, 0.1) is 6.10 Å². The lowest BCUT2D eigenvalue weighted by Crippen LogP contribution is -2.12. The van der Waals surface area contributed by atoms with Crippen molar-refractivity contribution in [1.82, 2.24) is 0 Å². The highest BCUT2D eigenvalue weighted by atomic mass is 35.5. The average molecular weight is 317 g/mol. The van der Waals surface area contributed by atoms with Crippen molar-refractivity contribution in [2.75, 3.05) is 5.32 Å². The summed E-state index contributed by atoms with van der Waals surface area (Å²) in [6, 6.07) is 12.5. The third kappa shape index (κ3) is 3.78. The zero-order chi connectivity index (χ0) is 15.5. The molecule has 1 saturated carbocycles. The Kier molecular flexibility index (Phi) is 4.32. The second-order valence-electron chi connectivity index (χ2n) is 5.35. The van der Waals surface area contributed by atoms with Crippen LogP contribution in [0.1, 0.15) is 28.8 Å². The number of rotatable bonds is 5. The van der Waals surface area contributed by atoms with E-state index < -0.39 is 0 Å². The van der Waals surface area contributed by atoms with Gasteiger partial charge in [-0.3, -0.25) is 4.79 Å². The Balaban J connectivity index is 1.77. The van der Waals surface area contributed by atoms with E-state index in [0.29, 0.717) is 28.6 Å². The zero-order valence-electron chi connectivity index (χ0n) is 12.0. The van der Waals surface area contributed by atoms with Gasteiger partial charge in [0.15, 0.2) is 0 Å². The highest BCUT2D eigenvalue weighted by Crippen LogP contribution is 2.29. The molecule has 2 aromatic rings. The molecule has 0 spiro atoms. The molecule has 3 rings (SSSR count). The molecule has 0 atom stereocenters. The van der Waals surface area contributed by atoms with Crippen LogP contribution >= 0.6 is 11.6 Å². The number of ether oxygens (including phenoxy) is 1. The van der Waals surface area contributed by atoms with Crippen LogP contribution in [0.5, 0.6) is 5.75 Å². The summed E-state index contributed by atoms with van der Waals surface area (Å²) in [5.41, 5.74) is 7.75. The molecule has 0 radical (unpaired) electrons. The number of halogens is 1. The van der Waals surface area contributed by atoms with Crippen LogP contribution in [0.2, 0.25) is 5.02 Å². The summed E-state index contributed by atoms with van der Waals surface area (Å²) in [5.74, 6) is 0.410. The first kappa shape index (κ1) is 14.9. The van der Waals surface area contributed by atoms with E-state index in [2.05, 4.69) is 5.32 Å². The van der Waals surface area contributed by atoms with Crippen LogP contribution in [-0.2, 0) is 6.54 Å². The van der Waals surface area contributed by atoms with Gasteiger partial charge in [0.2, 0.25) is 0 Å². The molecule has 1 aliphatic carbocycles. The summed E-state index contributed by atoms with van der Waals surface area (Å²) in [4.78, 5) is 12.4. The van der Waals surface area contributed by atoms with Crippen molar-refractivity contribution >= 4 is 23.2 Å². The van der Waals surface area contributed by atoms with Crippen molar-refractivity contribution in [1.29, 1.82) is 0 Å². The Morgan fingerprint density at radius 1 is 1.27 bits per heavy atom. The molecule has 1 fully saturated rings. The molecule has 1 amide bonds. The Hall–Kier alpha value is -2.04. The van der Waals surface area contributed by atoms with Gasteiger partial charge in [-0.1, -0.05) is 23.7 Å². The lowest BCUT2D eigenvalue weighted by Gasteiger charge is -2.10. The number of carbonyl (C=O) groups excluding carboxylic acids is 1. The van der Waals surface area contributed by atoms with E-state index in [1.807, 2.05) is 24.3 Å². The van der Waals surface area contributed by atoms with Crippen molar-refractivity contribution in [2.24, 2.45) is 5.73 Å². The fourth-order valence-electron chi connectivity index (χ4n) is 2.12. The minimum absolute atomic E-state index is 0.225. The first-order valence-corrected chi connectivity index (χ1v) is 7.59. The van der Waals surface area contributed by atoms with Crippen molar-refractivity contribution in [3.8, 4) is 5.75 Å². The summed E-state index contributed by atoms with van der Waals surface area (Å²) < 4.78 is 5.70. The molecule has 0 saturated heterocycles. The fourth-order valence-corrected chi connectivity index (χ4v) is 2.34. The zero-order valence-corrected chi connectivity index (χ0v) is 12.8. The molecule has 5 heteroatoms. The van der Waals surface area contributed by atoms with Gasteiger partial charge in [-0.05, 0) is 48.7 Å². The highest BCUT2D eigenvalue weighted by Gasteiger charge is 2.24. The van der Waals surface area contributed by atoms with E-state index >= 15 is 0 Å². The molecule has 1 aliphatic rings. The molecule has 114 valence electrons. The highest BCUT2D eigenvalue weighted by molar-refractivity contribution is 6.31. The minimum Gasteiger partial charge on any atom is -0.490 e. The number of anilines is 1. The van der Waals surface area contributed by atoms with Crippen LogP contribution in [0.25, 0.3) is 0 Å². The van der Waals surface area contributed by atoms with Crippen LogP contribution in [0.15, 0.2) is 42.5 Å². The number of nitrogens with two attached hydrogens (primary N) is 1. The van der Waals surface area contributed by atoms with Gasteiger partial charge in [-0.25, -0.2) is 0 Å². The van der Waals surface area contributed by atoms with Crippen LogP contribution in [0.3, 0.4) is 0 Å². The second kappa shape index (κ2) is 6.38. The summed E-state index contributed by atoms with van der Waals surface area (Å²) in [6.45, 7) is 0.431. The first-order valence-electron chi connectivity index (χ1n) is 7.21. The van der Waals surface area contributed by atoms with E-state index in [4.69, 9.17) is 22.1 Å². The maximum absolute atomic E-state index is 12.4. The molecule has 3 N–H and O–H groups in total. The topological polar surface area (TPSA) is 64.3 Å². The summed E-state index contributed by atoms with van der Waals surface area (Å²) in [5, 5.41) is 3.33. The van der Waals surface area contributed by atoms with Crippen LogP contribution in [0, 0.1) is 0 Å². The van der Waals surface area contributed by atoms with Crippen LogP contribution < -0.4 is 15.8 Å². The van der Waals surface area contributed by atoms with Crippen molar-refractivity contribution < 1.29 is 9.53 Å². The predicted octanol–water partition coefficient (Wildman–Crippen LogP) is 3.59. The van der Waals surface area contributed by atoms with Crippen LogP contribution in [0.4, 0.5) is 5.69 Å². The van der Waals surface area contributed by atoms with Crippen molar-refractivity contribution in [3.05, 3.63) is 58.6 Å². The molecular weight excluding hydrogens is 300 g/mol. The number of nitrogens with one attached hydrogen (secondary N) is 1. The fraction of sp³-hybridized carbons (Fsp3) is 0.235. The van der Waals surface area contributed by atoms with E-state index in [1.54, 1.807) is 18.2 Å².